The summed E-state index contributed by atoms with van der Waals surface area (Å²) in [7, 11) is 0. The van der Waals surface area contributed by atoms with Crippen molar-refractivity contribution >= 4 is 28.9 Å². The van der Waals surface area contributed by atoms with Gasteiger partial charge >= 0.3 is 0 Å². The lowest BCUT2D eigenvalue weighted by atomic mass is 9.92. The van der Waals surface area contributed by atoms with Crippen molar-refractivity contribution in [1.82, 2.24) is 4.90 Å². The third kappa shape index (κ3) is 2.98. The van der Waals surface area contributed by atoms with E-state index in [0.717, 1.165) is 25.2 Å². The first kappa shape index (κ1) is 16.8. The second-order valence-electron chi connectivity index (χ2n) is 5.58. The van der Waals surface area contributed by atoms with Crippen molar-refractivity contribution in [2.75, 3.05) is 44.7 Å². The van der Waals surface area contributed by atoms with Gasteiger partial charge in [-0.05, 0) is 12.2 Å². The third-order valence-electron chi connectivity index (χ3n) is 4.10. The number of halogens is 1. The van der Waals surface area contributed by atoms with E-state index < -0.39 is 23.1 Å². The van der Waals surface area contributed by atoms with E-state index in [2.05, 4.69) is 10.2 Å². The molecule has 128 valence electrons. The lowest BCUT2D eigenvalue weighted by Crippen LogP contribution is -2.39. The van der Waals surface area contributed by atoms with Gasteiger partial charge in [-0.15, -0.1) is 0 Å². The van der Waals surface area contributed by atoms with Crippen LogP contribution in [0.2, 0.25) is 5.02 Å². The molecule has 8 heteroatoms. The molecule has 1 heterocycles. The summed E-state index contributed by atoms with van der Waals surface area (Å²) in [6.45, 7) is 4.11. The van der Waals surface area contributed by atoms with Crippen LogP contribution in [0.4, 0.5) is 5.69 Å². The maximum Gasteiger partial charge on any atom is 0.190 e. The molecule has 24 heavy (non-hydrogen) atoms. The minimum Gasteiger partial charge on any atom is -0.505 e. The van der Waals surface area contributed by atoms with Gasteiger partial charge in [-0.25, -0.2) is 0 Å². The van der Waals surface area contributed by atoms with Crippen LogP contribution in [0.3, 0.4) is 0 Å². The number of morpholine rings is 1. The number of carbonyl (C=O) groups excluding carboxylic acids is 2. The Hall–Kier alpha value is -2.09. The summed E-state index contributed by atoms with van der Waals surface area (Å²) in [5, 5.41) is 23.3. The van der Waals surface area contributed by atoms with Gasteiger partial charge in [0.15, 0.2) is 17.3 Å². The van der Waals surface area contributed by atoms with Crippen molar-refractivity contribution in [3.63, 3.8) is 0 Å². The van der Waals surface area contributed by atoms with Crippen molar-refractivity contribution < 1.29 is 24.5 Å². The van der Waals surface area contributed by atoms with Gasteiger partial charge in [-0.1, -0.05) is 11.6 Å². The van der Waals surface area contributed by atoms with E-state index in [4.69, 9.17) is 16.3 Å². The number of allylic oxidation sites excluding steroid dienone is 2. The van der Waals surface area contributed by atoms with Gasteiger partial charge in [-0.3, -0.25) is 14.5 Å². The SMILES string of the molecule is O=C1C=CC(=O)c2c(O)c(NCCN3CCOCC3)c(Cl)c(O)c21. The molecule has 0 bridgehead atoms. The molecule has 7 nitrogen and oxygen atoms in total. The Bertz CT molecular complexity index is 726. The monoisotopic (exact) mass is 352 g/mol. The second kappa shape index (κ2) is 6.80. The standard InChI is InChI=1S/C16H17ClN2O5/c17-13-14(18-3-4-19-5-7-24-8-6-19)16(23)12-10(21)2-1-9(20)11(12)15(13)22/h1-2,18,22-23H,3-8H2. The number of ketones is 2. The van der Waals surface area contributed by atoms with E-state index in [1.54, 1.807) is 0 Å². The molecule has 1 fully saturated rings. The topological polar surface area (TPSA) is 99.1 Å². The van der Waals surface area contributed by atoms with Crippen LogP contribution in [0.1, 0.15) is 20.7 Å². The van der Waals surface area contributed by atoms with E-state index in [0.29, 0.717) is 26.3 Å². The van der Waals surface area contributed by atoms with Gasteiger partial charge in [0.25, 0.3) is 0 Å². The largest absolute Gasteiger partial charge is 0.505 e. The van der Waals surface area contributed by atoms with E-state index >= 15 is 0 Å². The highest BCUT2D eigenvalue weighted by atomic mass is 35.5. The number of hydrogen-bond donors (Lipinski definition) is 3. The summed E-state index contributed by atoms with van der Waals surface area (Å²) in [6.07, 6.45) is 2.11. The molecule has 0 radical (unpaired) electrons. The lowest BCUT2D eigenvalue weighted by molar-refractivity contribution is 0.0398. The van der Waals surface area contributed by atoms with Gasteiger partial charge in [-0.2, -0.15) is 0 Å². The summed E-state index contributed by atoms with van der Waals surface area (Å²) >= 11 is 6.08. The molecule has 1 saturated heterocycles. The van der Waals surface area contributed by atoms with E-state index in [9.17, 15) is 19.8 Å². The molecule has 2 aliphatic rings. The second-order valence-corrected chi connectivity index (χ2v) is 5.96. The van der Waals surface area contributed by atoms with Crippen molar-refractivity contribution in [1.29, 1.82) is 0 Å². The number of ether oxygens (including phenoxy) is 1. The maximum absolute atomic E-state index is 12.0. The smallest absolute Gasteiger partial charge is 0.190 e. The summed E-state index contributed by atoms with van der Waals surface area (Å²) in [5.74, 6) is -2.04. The molecule has 0 saturated carbocycles. The Labute approximate surface area is 143 Å². The summed E-state index contributed by atoms with van der Waals surface area (Å²) in [5.41, 5.74) is -0.431. The van der Waals surface area contributed by atoms with Crippen LogP contribution < -0.4 is 5.32 Å². The number of benzene rings is 1. The van der Waals surface area contributed by atoms with Crippen LogP contribution in [-0.4, -0.2) is 66.1 Å². The van der Waals surface area contributed by atoms with E-state index in [-0.39, 0.29) is 21.8 Å². The predicted octanol–water partition coefficient (Wildman–Crippen LogP) is 1.43. The molecule has 0 spiro atoms. The summed E-state index contributed by atoms with van der Waals surface area (Å²) in [6, 6.07) is 0. The molecule has 0 atom stereocenters. The number of rotatable bonds is 4. The molecule has 1 aliphatic carbocycles. The molecule has 0 amide bonds. The van der Waals surface area contributed by atoms with Crippen LogP contribution in [-0.2, 0) is 4.74 Å². The highest BCUT2D eigenvalue weighted by Gasteiger charge is 2.31. The number of anilines is 1. The fourth-order valence-electron chi connectivity index (χ4n) is 2.82. The lowest BCUT2D eigenvalue weighted by Gasteiger charge is -2.27. The summed E-state index contributed by atoms with van der Waals surface area (Å²) < 4.78 is 5.27. The average molecular weight is 353 g/mol. The Morgan fingerprint density at radius 1 is 1.08 bits per heavy atom. The Morgan fingerprint density at radius 3 is 2.29 bits per heavy atom. The number of fused-ring (bicyclic) bond motifs is 1. The molecule has 0 aromatic heterocycles. The van der Waals surface area contributed by atoms with E-state index in [1.807, 2.05) is 0 Å². The van der Waals surface area contributed by atoms with Crippen LogP contribution >= 0.6 is 11.6 Å². The molecule has 1 aromatic carbocycles. The predicted molar refractivity (Wildman–Crippen MR) is 88.3 cm³/mol. The van der Waals surface area contributed by atoms with Gasteiger partial charge in [0.2, 0.25) is 0 Å². The zero-order valence-corrected chi connectivity index (χ0v) is 13.6. The molecule has 1 aromatic rings. The number of nitrogens with zero attached hydrogens (tertiary/aromatic N) is 1. The number of phenols is 2. The minimum atomic E-state index is -0.570. The Morgan fingerprint density at radius 2 is 1.67 bits per heavy atom. The van der Waals surface area contributed by atoms with Crippen molar-refractivity contribution in [2.45, 2.75) is 0 Å². The average Bonchev–Trinajstić information content (AvgIpc) is 2.58. The first-order valence-corrected chi connectivity index (χ1v) is 7.96. The Balaban J connectivity index is 1.84. The van der Waals surface area contributed by atoms with Crippen LogP contribution in [0, 0.1) is 0 Å². The number of aromatic hydroxyl groups is 2. The highest BCUT2D eigenvalue weighted by Crippen LogP contribution is 2.46. The number of carbonyl (C=O) groups is 2. The molecular weight excluding hydrogens is 336 g/mol. The maximum atomic E-state index is 12.0. The minimum absolute atomic E-state index is 0.0534. The normalized spacial score (nSPS) is 17.9. The molecule has 3 rings (SSSR count). The number of nitrogens with one attached hydrogen (secondary N) is 1. The summed E-state index contributed by atoms with van der Waals surface area (Å²) in [4.78, 5) is 26.0. The van der Waals surface area contributed by atoms with Crippen LogP contribution in [0.5, 0.6) is 11.5 Å². The quantitative estimate of drug-likeness (QED) is 0.557. The van der Waals surface area contributed by atoms with Crippen LogP contribution in [0.25, 0.3) is 0 Å². The van der Waals surface area contributed by atoms with Gasteiger partial charge in [0.1, 0.15) is 16.5 Å². The molecular formula is C16H17ClN2O5. The van der Waals surface area contributed by atoms with E-state index in [1.165, 1.54) is 0 Å². The highest BCUT2D eigenvalue weighted by molar-refractivity contribution is 6.37. The molecule has 3 N–H and O–H groups in total. The van der Waals surface area contributed by atoms with Gasteiger partial charge in [0.05, 0.1) is 24.3 Å². The van der Waals surface area contributed by atoms with Crippen molar-refractivity contribution in [3.05, 3.63) is 28.3 Å². The third-order valence-corrected chi connectivity index (χ3v) is 4.47. The zero-order chi connectivity index (χ0) is 17.3. The molecule has 0 unspecified atom stereocenters. The fraction of sp³-hybridized carbons (Fsp3) is 0.375. The molecule has 1 aliphatic heterocycles. The number of hydrogen-bond acceptors (Lipinski definition) is 7. The van der Waals surface area contributed by atoms with Crippen LogP contribution in [0.15, 0.2) is 12.2 Å². The first-order valence-electron chi connectivity index (χ1n) is 7.58. The zero-order valence-electron chi connectivity index (χ0n) is 12.8. The van der Waals surface area contributed by atoms with Gasteiger partial charge in [0, 0.05) is 26.2 Å². The van der Waals surface area contributed by atoms with Crippen molar-refractivity contribution in [2.24, 2.45) is 0 Å². The van der Waals surface area contributed by atoms with Gasteiger partial charge < -0.3 is 20.3 Å². The number of phenolic OH excluding ortho intramolecular Hbond substituents is 2. The van der Waals surface area contributed by atoms with Crippen molar-refractivity contribution in [3.8, 4) is 11.5 Å². The Kier molecular flexibility index (Phi) is 4.75. The fourth-order valence-corrected chi connectivity index (χ4v) is 3.07. The first-order chi connectivity index (χ1) is 11.5.